The molecule has 6 nitrogen and oxygen atoms in total. The summed E-state index contributed by atoms with van der Waals surface area (Å²) in [6.07, 6.45) is -3.98. The van der Waals surface area contributed by atoms with Gasteiger partial charge in [-0.15, -0.1) is 0 Å². The molecule has 0 heterocycles. The summed E-state index contributed by atoms with van der Waals surface area (Å²) >= 11 is 0. The molecule has 186 valence electrons. The van der Waals surface area contributed by atoms with Gasteiger partial charge in [-0.1, -0.05) is 37.3 Å². The van der Waals surface area contributed by atoms with Gasteiger partial charge in [0.2, 0.25) is 5.91 Å². The molecule has 0 spiro atoms. The molecule has 35 heavy (non-hydrogen) atoms. The summed E-state index contributed by atoms with van der Waals surface area (Å²) in [7, 11) is -3.02. The lowest BCUT2D eigenvalue weighted by Gasteiger charge is -2.25. The Morgan fingerprint density at radius 2 is 1.69 bits per heavy atom. The number of hydrogen-bond donors (Lipinski definition) is 1. The van der Waals surface area contributed by atoms with Gasteiger partial charge in [0, 0.05) is 0 Å². The zero-order valence-corrected chi connectivity index (χ0v) is 20.2. The molecular formula is C25H25F3N2O4S. The van der Waals surface area contributed by atoms with Crippen LogP contribution in [0.3, 0.4) is 0 Å². The summed E-state index contributed by atoms with van der Waals surface area (Å²) in [5.74, 6) is -0.856. The van der Waals surface area contributed by atoms with E-state index < -0.39 is 39.9 Å². The highest BCUT2D eigenvalue weighted by Gasteiger charge is 2.34. The summed E-state index contributed by atoms with van der Waals surface area (Å²) < 4.78 is 73.6. The predicted molar refractivity (Wildman–Crippen MR) is 128 cm³/mol. The minimum atomic E-state index is -4.69. The fourth-order valence-corrected chi connectivity index (χ4v) is 5.14. The minimum absolute atomic E-state index is 0.0774. The SMILES string of the molecule is CCc1ccc(N(CC(=O)Nc2ccccc2C(F)(F)F)S(=O)(=O)c2cc(C)ccc2OC)cc1. The van der Waals surface area contributed by atoms with E-state index in [2.05, 4.69) is 5.32 Å². The zero-order chi connectivity index (χ0) is 25.8. The van der Waals surface area contributed by atoms with Crippen LogP contribution < -0.4 is 14.4 Å². The molecule has 0 radical (unpaired) electrons. The Morgan fingerprint density at radius 3 is 2.29 bits per heavy atom. The van der Waals surface area contributed by atoms with Gasteiger partial charge >= 0.3 is 6.18 Å². The summed E-state index contributed by atoms with van der Waals surface area (Å²) in [4.78, 5) is 12.7. The van der Waals surface area contributed by atoms with E-state index in [9.17, 15) is 26.4 Å². The van der Waals surface area contributed by atoms with Gasteiger partial charge in [0.05, 0.1) is 24.0 Å². The van der Waals surface area contributed by atoms with Crippen LogP contribution in [0.4, 0.5) is 24.5 Å². The Hall–Kier alpha value is -3.53. The van der Waals surface area contributed by atoms with Crippen molar-refractivity contribution in [3.63, 3.8) is 0 Å². The zero-order valence-electron chi connectivity index (χ0n) is 19.4. The van der Waals surface area contributed by atoms with Crippen LogP contribution in [-0.2, 0) is 27.4 Å². The van der Waals surface area contributed by atoms with Crippen LogP contribution in [0.15, 0.2) is 71.6 Å². The molecule has 0 bridgehead atoms. The molecule has 0 aliphatic carbocycles. The Labute approximate surface area is 202 Å². The van der Waals surface area contributed by atoms with Gasteiger partial charge in [-0.3, -0.25) is 9.10 Å². The standard InChI is InChI=1S/C25H25F3N2O4S/c1-4-18-10-12-19(13-11-18)30(35(32,33)23-15-17(2)9-14-22(23)34-3)16-24(31)29-21-8-6-5-7-20(21)25(26,27)28/h5-15H,4,16H2,1-3H3,(H,29,31). The lowest BCUT2D eigenvalue weighted by Crippen LogP contribution is -2.38. The number of nitrogens with zero attached hydrogens (tertiary/aromatic N) is 1. The molecular weight excluding hydrogens is 481 g/mol. The smallest absolute Gasteiger partial charge is 0.418 e. The van der Waals surface area contributed by atoms with Gasteiger partial charge in [-0.25, -0.2) is 8.42 Å². The quantitative estimate of drug-likeness (QED) is 0.443. The van der Waals surface area contributed by atoms with Crippen LogP contribution in [0.5, 0.6) is 5.75 Å². The van der Waals surface area contributed by atoms with Crippen molar-refractivity contribution in [2.75, 3.05) is 23.3 Å². The van der Waals surface area contributed by atoms with E-state index in [1.54, 1.807) is 37.3 Å². The molecule has 3 aromatic carbocycles. The van der Waals surface area contributed by atoms with Crippen LogP contribution in [0.2, 0.25) is 0 Å². The number of amides is 1. The second kappa shape index (κ2) is 10.4. The number of carbonyl (C=O) groups excluding carboxylic acids is 1. The van der Waals surface area contributed by atoms with Crippen LogP contribution in [0, 0.1) is 6.92 Å². The largest absolute Gasteiger partial charge is 0.495 e. The average molecular weight is 507 g/mol. The maximum Gasteiger partial charge on any atom is 0.418 e. The number of sulfonamides is 1. The molecule has 3 rings (SSSR count). The monoisotopic (exact) mass is 506 g/mol. The Kier molecular flexibility index (Phi) is 7.74. The Balaban J connectivity index is 2.04. The van der Waals surface area contributed by atoms with E-state index in [4.69, 9.17) is 4.74 Å². The first-order valence-corrected chi connectivity index (χ1v) is 12.1. The van der Waals surface area contributed by atoms with Crippen LogP contribution in [0.25, 0.3) is 0 Å². The maximum absolute atomic E-state index is 13.7. The molecule has 0 fully saturated rings. The van der Waals surface area contributed by atoms with Gasteiger partial charge in [-0.05, 0) is 60.9 Å². The number of halogens is 3. The third-order valence-corrected chi connectivity index (χ3v) is 7.11. The van der Waals surface area contributed by atoms with E-state index in [1.165, 1.54) is 31.4 Å². The molecule has 10 heteroatoms. The van der Waals surface area contributed by atoms with Crippen molar-refractivity contribution in [1.82, 2.24) is 0 Å². The average Bonchev–Trinajstić information content (AvgIpc) is 2.82. The van der Waals surface area contributed by atoms with Gasteiger partial charge in [0.1, 0.15) is 17.2 Å². The summed E-state index contributed by atoms with van der Waals surface area (Å²) in [6, 6.07) is 15.6. The predicted octanol–water partition coefficient (Wildman–Crippen LogP) is 5.42. The van der Waals surface area contributed by atoms with E-state index in [0.29, 0.717) is 12.0 Å². The highest BCUT2D eigenvalue weighted by Crippen LogP contribution is 2.35. The van der Waals surface area contributed by atoms with Crippen molar-refractivity contribution in [2.24, 2.45) is 0 Å². The third kappa shape index (κ3) is 5.94. The van der Waals surface area contributed by atoms with Gasteiger partial charge in [-0.2, -0.15) is 13.2 Å². The second-order valence-corrected chi connectivity index (χ2v) is 9.61. The molecule has 0 saturated heterocycles. The fraction of sp³-hybridized carbons (Fsp3) is 0.240. The van der Waals surface area contributed by atoms with Crippen molar-refractivity contribution in [2.45, 2.75) is 31.3 Å². The summed E-state index contributed by atoms with van der Waals surface area (Å²) in [5, 5.41) is 2.21. The van der Waals surface area contributed by atoms with E-state index in [-0.39, 0.29) is 16.3 Å². The molecule has 1 N–H and O–H groups in total. The number of aryl methyl sites for hydroxylation is 2. The van der Waals surface area contributed by atoms with E-state index >= 15 is 0 Å². The molecule has 0 atom stereocenters. The van der Waals surface area contributed by atoms with Crippen molar-refractivity contribution < 1.29 is 31.1 Å². The number of ether oxygens (including phenoxy) is 1. The first kappa shape index (κ1) is 26.1. The van der Waals surface area contributed by atoms with Crippen molar-refractivity contribution in [3.8, 4) is 5.75 Å². The highest BCUT2D eigenvalue weighted by atomic mass is 32.2. The maximum atomic E-state index is 13.7. The van der Waals surface area contributed by atoms with Gasteiger partial charge < -0.3 is 10.1 Å². The Morgan fingerprint density at radius 1 is 1.03 bits per heavy atom. The number of methoxy groups -OCH3 is 1. The third-order valence-electron chi connectivity index (χ3n) is 5.31. The number of nitrogens with one attached hydrogen (secondary N) is 1. The number of carbonyl (C=O) groups is 1. The first-order valence-electron chi connectivity index (χ1n) is 10.7. The molecule has 1 amide bonds. The fourth-order valence-electron chi connectivity index (χ4n) is 3.48. The van der Waals surface area contributed by atoms with E-state index in [0.717, 1.165) is 22.0 Å². The number of rotatable bonds is 8. The minimum Gasteiger partial charge on any atom is -0.495 e. The number of para-hydroxylation sites is 1. The molecule has 0 aliphatic heterocycles. The highest BCUT2D eigenvalue weighted by molar-refractivity contribution is 7.93. The molecule has 0 saturated carbocycles. The van der Waals surface area contributed by atoms with Gasteiger partial charge in [0.15, 0.2) is 0 Å². The second-order valence-electron chi connectivity index (χ2n) is 7.78. The molecule has 3 aromatic rings. The lowest BCUT2D eigenvalue weighted by atomic mass is 10.1. The molecule has 0 unspecified atom stereocenters. The summed E-state index contributed by atoms with van der Waals surface area (Å²) in [6.45, 7) is 2.89. The number of benzene rings is 3. The Bertz CT molecular complexity index is 1310. The van der Waals surface area contributed by atoms with Crippen molar-refractivity contribution >= 4 is 27.3 Å². The first-order chi connectivity index (χ1) is 16.5. The van der Waals surface area contributed by atoms with Crippen LogP contribution in [0.1, 0.15) is 23.6 Å². The lowest BCUT2D eigenvalue weighted by molar-refractivity contribution is -0.137. The van der Waals surface area contributed by atoms with Crippen LogP contribution >= 0.6 is 0 Å². The van der Waals surface area contributed by atoms with Crippen molar-refractivity contribution in [3.05, 3.63) is 83.4 Å². The normalized spacial score (nSPS) is 11.7. The van der Waals surface area contributed by atoms with Crippen LogP contribution in [-0.4, -0.2) is 28.0 Å². The number of alkyl halides is 3. The van der Waals surface area contributed by atoms with Crippen molar-refractivity contribution in [1.29, 1.82) is 0 Å². The molecule has 0 aliphatic rings. The van der Waals surface area contributed by atoms with E-state index in [1.807, 2.05) is 6.92 Å². The summed E-state index contributed by atoms with van der Waals surface area (Å²) in [5.41, 5.74) is 0.286. The number of anilines is 2. The van der Waals surface area contributed by atoms with Gasteiger partial charge in [0.25, 0.3) is 10.0 Å². The topological polar surface area (TPSA) is 75.7 Å². The number of hydrogen-bond acceptors (Lipinski definition) is 4. The molecule has 0 aromatic heterocycles.